The molecule has 0 bridgehead atoms. The summed E-state index contributed by atoms with van der Waals surface area (Å²) in [7, 11) is 0. The Morgan fingerprint density at radius 1 is 1.26 bits per heavy atom. The molecule has 140 valence electrons. The van der Waals surface area contributed by atoms with Gasteiger partial charge >= 0.3 is 12.1 Å². The van der Waals surface area contributed by atoms with E-state index in [0.29, 0.717) is 5.56 Å². The van der Waals surface area contributed by atoms with E-state index in [1.807, 2.05) is 0 Å². The van der Waals surface area contributed by atoms with Crippen molar-refractivity contribution < 1.29 is 27.9 Å². The number of carbonyl (C=O) groups excluding carboxylic acids is 1. The number of hydrogen-bond acceptors (Lipinski definition) is 4. The highest BCUT2D eigenvalue weighted by atomic mass is 19.4. The van der Waals surface area contributed by atoms with Gasteiger partial charge in [-0.3, -0.25) is 9.80 Å². The van der Waals surface area contributed by atoms with Crippen molar-refractivity contribution in [3.8, 4) is 0 Å². The van der Waals surface area contributed by atoms with Crippen molar-refractivity contribution in [2.75, 3.05) is 6.54 Å². The summed E-state index contributed by atoms with van der Waals surface area (Å²) in [6.07, 6.45) is 1.91. The summed E-state index contributed by atoms with van der Waals surface area (Å²) in [5.74, 6) is -1.54. The summed E-state index contributed by atoms with van der Waals surface area (Å²) in [5, 5.41) is 14.9. The number of ketones is 1. The molecule has 0 amide bonds. The van der Waals surface area contributed by atoms with Crippen LogP contribution < -0.4 is 0 Å². The first-order chi connectivity index (χ1) is 12.7. The van der Waals surface area contributed by atoms with E-state index in [-0.39, 0.29) is 23.6 Å². The molecule has 0 radical (unpaired) electrons. The zero-order chi connectivity index (χ0) is 19.8. The first kappa shape index (κ1) is 18.6. The number of hydrazone groups is 1. The maximum Gasteiger partial charge on any atom is 0.416 e. The number of halogens is 3. The molecule has 1 aliphatic carbocycles. The third kappa shape index (κ3) is 3.84. The van der Waals surface area contributed by atoms with Gasteiger partial charge in [0.2, 0.25) is 0 Å². The fraction of sp³-hybridized carbons (Fsp3) is 0.211. The van der Waals surface area contributed by atoms with E-state index in [1.165, 1.54) is 23.2 Å². The molecule has 5 nitrogen and oxygen atoms in total. The lowest BCUT2D eigenvalue weighted by Crippen LogP contribution is -2.40. The summed E-state index contributed by atoms with van der Waals surface area (Å²) in [5.41, 5.74) is 0.167. The lowest BCUT2D eigenvalue weighted by atomic mass is 9.97. The number of carboxylic acid groups (broad SMARTS) is 1. The van der Waals surface area contributed by atoms with Crippen molar-refractivity contribution in [1.82, 2.24) is 5.01 Å². The summed E-state index contributed by atoms with van der Waals surface area (Å²) in [6, 6.07) is 3.49. The summed E-state index contributed by atoms with van der Waals surface area (Å²) < 4.78 is 38.1. The number of rotatable bonds is 3. The maximum atomic E-state index is 12.7. The van der Waals surface area contributed by atoms with E-state index >= 15 is 0 Å². The molecular weight excluding hydrogens is 361 g/mol. The largest absolute Gasteiger partial charge is 0.476 e. The topological polar surface area (TPSA) is 70.0 Å². The molecule has 0 aromatic heterocycles. The molecule has 1 aromatic carbocycles. The van der Waals surface area contributed by atoms with Crippen LogP contribution in [0.4, 0.5) is 13.2 Å². The number of carbonyl (C=O) groups is 2. The predicted octanol–water partition coefficient (Wildman–Crippen LogP) is 3.30. The van der Waals surface area contributed by atoms with Gasteiger partial charge in [0.15, 0.2) is 11.5 Å². The third-order valence-corrected chi connectivity index (χ3v) is 4.22. The number of allylic oxidation sites excluding steroid dienone is 2. The summed E-state index contributed by atoms with van der Waals surface area (Å²) in [4.78, 5) is 23.8. The van der Waals surface area contributed by atoms with Crippen molar-refractivity contribution in [3.63, 3.8) is 0 Å². The molecule has 3 rings (SSSR count). The highest BCUT2D eigenvalue weighted by Crippen LogP contribution is 2.31. The van der Waals surface area contributed by atoms with Crippen molar-refractivity contribution in [2.24, 2.45) is 5.10 Å². The van der Waals surface area contributed by atoms with Gasteiger partial charge in [0.1, 0.15) is 6.04 Å². The van der Waals surface area contributed by atoms with Crippen LogP contribution in [-0.2, 0) is 15.8 Å². The Hall–Kier alpha value is -3.16. The van der Waals surface area contributed by atoms with Gasteiger partial charge in [0.25, 0.3) is 0 Å². The van der Waals surface area contributed by atoms with E-state index in [4.69, 9.17) is 0 Å². The molecule has 1 aliphatic heterocycles. The van der Waals surface area contributed by atoms with Gasteiger partial charge in [0.05, 0.1) is 12.1 Å². The highest BCUT2D eigenvalue weighted by molar-refractivity contribution is 6.53. The van der Waals surface area contributed by atoms with Gasteiger partial charge in [-0.1, -0.05) is 30.4 Å². The molecule has 1 atom stereocenters. The van der Waals surface area contributed by atoms with E-state index in [0.717, 1.165) is 17.7 Å². The Kier molecular flexibility index (Phi) is 4.73. The minimum absolute atomic E-state index is 0.154. The normalized spacial score (nSPS) is 20.1. The lowest BCUT2D eigenvalue weighted by molar-refractivity contribution is -0.137. The second kappa shape index (κ2) is 6.86. The van der Waals surface area contributed by atoms with E-state index in [1.54, 1.807) is 25.2 Å². The SMILES string of the molecule is CC1=CC(=O)C(N2CC=C(c3ccc(C(F)(F)F)cc3)C(C(=O)O)=N2)C=C1. The first-order valence-electron chi connectivity index (χ1n) is 8.04. The van der Waals surface area contributed by atoms with Gasteiger partial charge in [-0.05, 0) is 36.3 Å². The molecule has 27 heavy (non-hydrogen) atoms. The number of hydrogen-bond donors (Lipinski definition) is 1. The molecule has 1 N–H and O–H groups in total. The number of benzene rings is 1. The fourth-order valence-corrected chi connectivity index (χ4v) is 2.87. The van der Waals surface area contributed by atoms with E-state index in [2.05, 4.69) is 5.10 Å². The van der Waals surface area contributed by atoms with Crippen LogP contribution in [0.2, 0.25) is 0 Å². The fourth-order valence-electron chi connectivity index (χ4n) is 2.87. The lowest BCUT2D eigenvalue weighted by Gasteiger charge is -2.29. The van der Waals surface area contributed by atoms with Gasteiger partial charge in [-0.2, -0.15) is 18.3 Å². The first-order valence-corrected chi connectivity index (χ1v) is 8.04. The highest BCUT2D eigenvalue weighted by Gasteiger charge is 2.32. The molecule has 0 saturated heterocycles. The van der Waals surface area contributed by atoms with E-state index in [9.17, 15) is 27.9 Å². The van der Waals surface area contributed by atoms with Crippen LogP contribution in [0.15, 0.2) is 59.2 Å². The second-order valence-corrected chi connectivity index (χ2v) is 6.16. The van der Waals surface area contributed by atoms with Crippen molar-refractivity contribution in [2.45, 2.75) is 19.1 Å². The van der Waals surface area contributed by atoms with Crippen LogP contribution >= 0.6 is 0 Å². The number of aliphatic carboxylic acids is 1. The summed E-state index contributed by atoms with van der Waals surface area (Å²) >= 11 is 0. The number of alkyl halides is 3. The second-order valence-electron chi connectivity index (χ2n) is 6.16. The average molecular weight is 376 g/mol. The predicted molar refractivity (Wildman–Crippen MR) is 92.9 cm³/mol. The van der Waals surface area contributed by atoms with Crippen LogP contribution in [0.3, 0.4) is 0 Å². The van der Waals surface area contributed by atoms with Crippen LogP contribution in [0.1, 0.15) is 18.1 Å². The van der Waals surface area contributed by atoms with Gasteiger partial charge in [-0.25, -0.2) is 4.79 Å². The molecule has 0 saturated carbocycles. The zero-order valence-corrected chi connectivity index (χ0v) is 14.2. The van der Waals surface area contributed by atoms with Crippen molar-refractivity contribution >= 4 is 23.0 Å². The molecule has 1 aromatic rings. The monoisotopic (exact) mass is 376 g/mol. The van der Waals surface area contributed by atoms with Crippen LogP contribution in [-0.4, -0.2) is 40.2 Å². The standard InChI is InChI=1S/C19H15F3N2O3/c1-11-2-7-15(16(25)10-11)24-9-8-14(17(23-24)18(26)27)12-3-5-13(6-4-12)19(20,21)22/h2-8,10,15H,9H2,1H3,(H,26,27). The smallest absolute Gasteiger partial charge is 0.416 e. The molecular formula is C19H15F3N2O3. The van der Waals surface area contributed by atoms with Crippen LogP contribution in [0, 0.1) is 0 Å². The Morgan fingerprint density at radius 3 is 2.48 bits per heavy atom. The Labute approximate surface area is 152 Å². The van der Waals surface area contributed by atoms with Crippen LogP contribution in [0.25, 0.3) is 5.57 Å². The molecule has 8 heteroatoms. The Balaban J connectivity index is 1.90. The van der Waals surface area contributed by atoms with Crippen LogP contribution in [0.5, 0.6) is 0 Å². The van der Waals surface area contributed by atoms with E-state index < -0.39 is 23.8 Å². The molecule has 2 aliphatic rings. The van der Waals surface area contributed by atoms with Crippen molar-refractivity contribution in [3.05, 3.63) is 65.3 Å². The number of carboxylic acids is 1. The molecule has 1 heterocycles. The Morgan fingerprint density at radius 2 is 1.93 bits per heavy atom. The van der Waals surface area contributed by atoms with Crippen molar-refractivity contribution in [1.29, 1.82) is 0 Å². The van der Waals surface area contributed by atoms with Gasteiger partial charge in [-0.15, -0.1) is 0 Å². The average Bonchev–Trinajstić information content (AvgIpc) is 2.60. The summed E-state index contributed by atoms with van der Waals surface area (Å²) in [6.45, 7) is 1.93. The van der Waals surface area contributed by atoms with Gasteiger partial charge in [0, 0.05) is 5.57 Å². The molecule has 0 spiro atoms. The zero-order valence-electron chi connectivity index (χ0n) is 14.2. The molecule has 1 unspecified atom stereocenters. The number of nitrogens with zero attached hydrogens (tertiary/aromatic N) is 2. The maximum absolute atomic E-state index is 12.7. The molecule has 0 fully saturated rings. The van der Waals surface area contributed by atoms with Gasteiger partial charge < -0.3 is 5.11 Å². The quantitative estimate of drug-likeness (QED) is 0.879. The Bertz CT molecular complexity index is 909. The minimum atomic E-state index is -4.47. The third-order valence-electron chi connectivity index (χ3n) is 4.22. The minimum Gasteiger partial charge on any atom is -0.476 e.